The highest BCUT2D eigenvalue weighted by Gasteiger charge is 2.23. The molecule has 0 unspecified atom stereocenters. The monoisotopic (exact) mass is 310 g/mol. The number of sulfone groups is 1. The average Bonchev–Trinajstić information content (AvgIpc) is 2.85. The summed E-state index contributed by atoms with van der Waals surface area (Å²) < 4.78 is 31.8. The molecule has 114 valence electrons. The molecular formula is C13H18N4O3S. The molecule has 21 heavy (non-hydrogen) atoms. The zero-order chi connectivity index (χ0) is 15.5. The van der Waals surface area contributed by atoms with E-state index in [0.717, 1.165) is 6.42 Å². The molecular weight excluding hydrogens is 292 g/mol. The third-order valence-corrected chi connectivity index (χ3v) is 4.62. The molecule has 0 aliphatic carbocycles. The standard InChI is InChI=1S/C13H18N4O3S/c1-3-6-17-13(15-9-16-17)8-21(18,19)12-5-4-10(14)7-11(12)20-2/h4-5,7,9H,3,6,8,14H2,1-2H3. The van der Waals surface area contributed by atoms with Crippen molar-refractivity contribution < 1.29 is 13.2 Å². The van der Waals surface area contributed by atoms with Gasteiger partial charge in [-0.1, -0.05) is 6.92 Å². The van der Waals surface area contributed by atoms with Crippen LogP contribution in [0.1, 0.15) is 19.2 Å². The number of rotatable bonds is 6. The van der Waals surface area contributed by atoms with Gasteiger partial charge in [-0.25, -0.2) is 18.1 Å². The SMILES string of the molecule is CCCn1ncnc1CS(=O)(=O)c1ccc(N)cc1OC. The molecule has 8 heteroatoms. The Balaban J connectivity index is 2.36. The van der Waals surface area contributed by atoms with Crippen LogP contribution in [0.25, 0.3) is 0 Å². The molecule has 2 N–H and O–H groups in total. The van der Waals surface area contributed by atoms with Crippen LogP contribution in [0.15, 0.2) is 29.4 Å². The number of benzene rings is 1. The van der Waals surface area contributed by atoms with E-state index in [2.05, 4.69) is 10.1 Å². The Bertz CT molecular complexity index is 725. The Morgan fingerprint density at radius 3 is 2.81 bits per heavy atom. The Morgan fingerprint density at radius 1 is 1.38 bits per heavy atom. The van der Waals surface area contributed by atoms with Crippen molar-refractivity contribution in [3.8, 4) is 5.75 Å². The molecule has 7 nitrogen and oxygen atoms in total. The lowest BCUT2D eigenvalue weighted by molar-refractivity contribution is 0.403. The summed E-state index contributed by atoms with van der Waals surface area (Å²) in [5, 5.41) is 4.03. The number of nitrogens with zero attached hydrogens (tertiary/aromatic N) is 3. The van der Waals surface area contributed by atoms with E-state index < -0.39 is 9.84 Å². The van der Waals surface area contributed by atoms with Gasteiger partial charge in [0.15, 0.2) is 9.84 Å². The van der Waals surface area contributed by atoms with Crippen molar-refractivity contribution in [3.63, 3.8) is 0 Å². The van der Waals surface area contributed by atoms with Crippen LogP contribution >= 0.6 is 0 Å². The minimum atomic E-state index is -3.59. The van der Waals surface area contributed by atoms with Gasteiger partial charge < -0.3 is 10.5 Å². The van der Waals surface area contributed by atoms with Gasteiger partial charge in [-0.15, -0.1) is 0 Å². The van der Waals surface area contributed by atoms with E-state index in [1.807, 2.05) is 6.92 Å². The molecule has 0 bridgehead atoms. The van der Waals surface area contributed by atoms with Gasteiger partial charge in [-0.2, -0.15) is 5.10 Å². The molecule has 2 aromatic rings. The number of aryl methyl sites for hydroxylation is 1. The summed E-state index contributed by atoms with van der Waals surface area (Å²) in [6.45, 7) is 2.62. The van der Waals surface area contributed by atoms with Crippen LogP contribution in [-0.4, -0.2) is 30.3 Å². The number of aromatic nitrogens is 3. The highest BCUT2D eigenvalue weighted by Crippen LogP contribution is 2.28. The maximum atomic E-state index is 12.5. The lowest BCUT2D eigenvalue weighted by Gasteiger charge is -2.10. The van der Waals surface area contributed by atoms with Gasteiger partial charge in [-0.05, 0) is 18.6 Å². The predicted octanol–water partition coefficient (Wildman–Crippen LogP) is 1.25. The van der Waals surface area contributed by atoms with Gasteiger partial charge in [0.05, 0.1) is 7.11 Å². The molecule has 0 aliphatic heterocycles. The van der Waals surface area contributed by atoms with Crippen molar-refractivity contribution >= 4 is 15.5 Å². The molecule has 0 saturated carbocycles. The molecule has 0 spiro atoms. The quantitative estimate of drug-likeness (QED) is 0.806. The second kappa shape index (κ2) is 6.13. The van der Waals surface area contributed by atoms with Crippen LogP contribution < -0.4 is 10.5 Å². The van der Waals surface area contributed by atoms with E-state index in [9.17, 15) is 8.42 Å². The smallest absolute Gasteiger partial charge is 0.189 e. The van der Waals surface area contributed by atoms with Crippen molar-refractivity contribution in [1.29, 1.82) is 0 Å². The van der Waals surface area contributed by atoms with E-state index >= 15 is 0 Å². The highest BCUT2D eigenvalue weighted by atomic mass is 32.2. The summed E-state index contributed by atoms with van der Waals surface area (Å²) in [6, 6.07) is 4.47. The van der Waals surface area contributed by atoms with Crippen LogP contribution in [0, 0.1) is 0 Å². The third kappa shape index (κ3) is 3.33. The zero-order valence-electron chi connectivity index (χ0n) is 12.0. The fourth-order valence-electron chi connectivity index (χ4n) is 1.99. The summed E-state index contributed by atoms with van der Waals surface area (Å²) in [6.07, 6.45) is 2.21. The third-order valence-electron chi connectivity index (χ3n) is 2.97. The molecule has 0 atom stereocenters. The van der Waals surface area contributed by atoms with E-state index in [-0.39, 0.29) is 16.4 Å². The second-order valence-electron chi connectivity index (χ2n) is 4.57. The van der Waals surface area contributed by atoms with Crippen LogP contribution in [0.5, 0.6) is 5.75 Å². The minimum Gasteiger partial charge on any atom is -0.495 e. The first-order valence-electron chi connectivity index (χ1n) is 6.51. The van der Waals surface area contributed by atoms with Crippen molar-refractivity contribution in [2.45, 2.75) is 30.5 Å². The molecule has 1 heterocycles. The zero-order valence-corrected chi connectivity index (χ0v) is 12.8. The van der Waals surface area contributed by atoms with Crippen molar-refractivity contribution in [3.05, 3.63) is 30.4 Å². The van der Waals surface area contributed by atoms with Gasteiger partial charge in [0.1, 0.15) is 28.5 Å². The minimum absolute atomic E-state index is 0.102. The number of hydrogen-bond acceptors (Lipinski definition) is 6. The number of ether oxygens (including phenoxy) is 1. The van der Waals surface area contributed by atoms with Crippen molar-refractivity contribution in [1.82, 2.24) is 14.8 Å². The topological polar surface area (TPSA) is 100 Å². The summed E-state index contributed by atoms with van der Waals surface area (Å²) in [4.78, 5) is 4.13. The number of methoxy groups -OCH3 is 1. The molecule has 1 aromatic carbocycles. The lowest BCUT2D eigenvalue weighted by atomic mass is 10.3. The molecule has 0 radical (unpaired) electrons. The second-order valence-corrected chi connectivity index (χ2v) is 6.53. The Hall–Kier alpha value is -2.09. The summed E-state index contributed by atoms with van der Waals surface area (Å²) in [5.41, 5.74) is 6.09. The maximum absolute atomic E-state index is 12.5. The van der Waals surface area contributed by atoms with Gasteiger partial charge in [0, 0.05) is 18.3 Å². The van der Waals surface area contributed by atoms with Gasteiger partial charge >= 0.3 is 0 Å². The van der Waals surface area contributed by atoms with Crippen LogP contribution in [0.4, 0.5) is 5.69 Å². The molecule has 0 saturated heterocycles. The maximum Gasteiger partial charge on any atom is 0.189 e. The lowest BCUT2D eigenvalue weighted by Crippen LogP contribution is -2.13. The fraction of sp³-hybridized carbons (Fsp3) is 0.385. The van der Waals surface area contributed by atoms with Crippen molar-refractivity contribution in [2.24, 2.45) is 0 Å². The van der Waals surface area contributed by atoms with Crippen LogP contribution in [0.2, 0.25) is 0 Å². The molecule has 2 rings (SSSR count). The van der Waals surface area contributed by atoms with Gasteiger partial charge in [0.25, 0.3) is 0 Å². The Labute approximate surface area is 123 Å². The molecule has 1 aromatic heterocycles. The Kier molecular flexibility index (Phi) is 4.46. The largest absolute Gasteiger partial charge is 0.495 e. The first kappa shape index (κ1) is 15.3. The number of hydrogen-bond donors (Lipinski definition) is 1. The molecule has 0 aliphatic rings. The fourth-order valence-corrected chi connectivity index (χ4v) is 3.43. The van der Waals surface area contributed by atoms with Crippen LogP contribution in [-0.2, 0) is 22.1 Å². The Morgan fingerprint density at radius 2 is 2.14 bits per heavy atom. The molecule has 0 fully saturated rings. The average molecular weight is 310 g/mol. The summed E-state index contributed by atoms with van der Waals surface area (Å²) in [5.74, 6) is 0.417. The number of nitrogen functional groups attached to an aromatic ring is 1. The first-order chi connectivity index (χ1) is 9.97. The summed E-state index contributed by atoms with van der Waals surface area (Å²) in [7, 11) is -2.18. The normalized spacial score (nSPS) is 11.5. The van der Waals surface area contributed by atoms with Crippen LogP contribution in [0.3, 0.4) is 0 Å². The van der Waals surface area contributed by atoms with Crippen molar-refractivity contribution in [2.75, 3.05) is 12.8 Å². The van der Waals surface area contributed by atoms with E-state index in [0.29, 0.717) is 18.1 Å². The molecule has 0 amide bonds. The highest BCUT2D eigenvalue weighted by molar-refractivity contribution is 7.90. The number of nitrogens with two attached hydrogens (primary N) is 1. The van der Waals surface area contributed by atoms with Gasteiger partial charge in [-0.3, -0.25) is 0 Å². The predicted molar refractivity (Wildman–Crippen MR) is 78.6 cm³/mol. The van der Waals surface area contributed by atoms with E-state index in [1.165, 1.54) is 31.6 Å². The number of anilines is 1. The summed E-state index contributed by atoms with van der Waals surface area (Å²) >= 11 is 0. The first-order valence-corrected chi connectivity index (χ1v) is 8.16. The van der Waals surface area contributed by atoms with E-state index in [4.69, 9.17) is 10.5 Å². The van der Waals surface area contributed by atoms with Gasteiger partial charge in [0.2, 0.25) is 0 Å². The van der Waals surface area contributed by atoms with E-state index in [1.54, 1.807) is 4.68 Å².